The van der Waals surface area contributed by atoms with Crippen molar-refractivity contribution < 1.29 is 37.0 Å². The number of benzene rings is 1. The number of thiazole rings is 1. The number of rotatable bonds is 9. The van der Waals surface area contributed by atoms with Crippen molar-refractivity contribution in [3.8, 4) is 0 Å². The van der Waals surface area contributed by atoms with Crippen molar-refractivity contribution in [3.63, 3.8) is 0 Å². The lowest BCUT2D eigenvalue weighted by molar-refractivity contribution is -0.149. The quantitative estimate of drug-likeness (QED) is 0.447. The fraction of sp³-hybridized carbons (Fsp3) is 0.462. The van der Waals surface area contributed by atoms with Crippen LogP contribution in [0.4, 0.5) is 18.0 Å². The summed E-state index contributed by atoms with van der Waals surface area (Å²) in [5.74, 6) is -4.19. The third-order valence-electron chi connectivity index (χ3n) is 6.50. The van der Waals surface area contributed by atoms with E-state index < -0.39 is 48.4 Å². The maximum absolute atomic E-state index is 14.7. The summed E-state index contributed by atoms with van der Waals surface area (Å²) in [6.07, 6.45) is -0.219. The molecule has 1 aromatic carbocycles. The number of methoxy groups -OCH3 is 1. The average molecular weight is 582 g/mol. The SMILES string of the molecule is COC(=O)OC1=C(CN2CC(F)(F)C[C@H]2C(=O)OCCN(C)C)NC(c2nccs2)=N[C@@]1(C)c1ccc(F)cc1. The van der Waals surface area contributed by atoms with Crippen molar-refractivity contribution in [1.29, 1.82) is 0 Å². The summed E-state index contributed by atoms with van der Waals surface area (Å²) in [4.78, 5) is 37.4. The number of amidine groups is 1. The van der Waals surface area contributed by atoms with E-state index >= 15 is 0 Å². The fourth-order valence-corrected chi connectivity index (χ4v) is 5.10. The maximum Gasteiger partial charge on any atom is 0.513 e. The van der Waals surface area contributed by atoms with Crippen LogP contribution in [0.3, 0.4) is 0 Å². The normalized spacial score (nSPS) is 22.6. The second-order valence-electron chi connectivity index (χ2n) is 9.82. The standard InChI is InChI=1S/C26H30F3N5O5S/c1-25(16-5-7-17(27)8-6-16)20(39-24(36)37-4)18(31-21(32-25)22-30-9-12-40-22)14-34-15-26(28,29)13-19(34)23(35)38-11-10-33(2)3/h5-9,12,19H,10-11,13-15H2,1-4H3,(H,31,32)/t19-,25-/m0/s1. The molecule has 1 N–H and O–H groups in total. The fourth-order valence-electron chi connectivity index (χ4n) is 4.52. The average Bonchev–Trinajstić information content (AvgIpc) is 3.53. The first-order valence-corrected chi connectivity index (χ1v) is 13.3. The van der Waals surface area contributed by atoms with Gasteiger partial charge in [-0.05, 0) is 38.7 Å². The number of alkyl halides is 2. The van der Waals surface area contributed by atoms with Gasteiger partial charge in [-0.15, -0.1) is 11.3 Å². The topological polar surface area (TPSA) is 106 Å². The maximum atomic E-state index is 14.7. The number of nitrogens with zero attached hydrogens (tertiary/aromatic N) is 4. The van der Waals surface area contributed by atoms with E-state index in [0.717, 1.165) is 7.11 Å². The second kappa shape index (κ2) is 11.9. The molecular weight excluding hydrogens is 551 g/mol. The number of esters is 1. The van der Waals surface area contributed by atoms with Crippen molar-refractivity contribution in [3.05, 3.63) is 63.7 Å². The van der Waals surface area contributed by atoms with E-state index in [1.807, 2.05) is 0 Å². The van der Waals surface area contributed by atoms with Crippen LogP contribution in [0.25, 0.3) is 0 Å². The molecule has 10 nitrogen and oxygen atoms in total. The second-order valence-corrected chi connectivity index (χ2v) is 10.7. The third-order valence-corrected chi connectivity index (χ3v) is 7.28. The molecule has 216 valence electrons. The molecule has 2 aromatic rings. The summed E-state index contributed by atoms with van der Waals surface area (Å²) < 4.78 is 58.7. The van der Waals surface area contributed by atoms with Crippen LogP contribution in [0.15, 0.2) is 52.3 Å². The van der Waals surface area contributed by atoms with E-state index in [2.05, 4.69) is 10.3 Å². The third kappa shape index (κ3) is 6.62. The summed E-state index contributed by atoms with van der Waals surface area (Å²) in [5, 5.41) is 5.29. The highest BCUT2D eigenvalue weighted by Crippen LogP contribution is 2.40. The lowest BCUT2D eigenvalue weighted by Gasteiger charge is -2.36. The first-order chi connectivity index (χ1) is 18.9. The molecule has 1 aromatic heterocycles. The van der Waals surface area contributed by atoms with Crippen molar-refractivity contribution in [2.24, 2.45) is 4.99 Å². The Bertz CT molecular complexity index is 1290. The van der Waals surface area contributed by atoms with E-state index in [1.165, 1.54) is 40.5 Å². The van der Waals surface area contributed by atoms with Crippen LogP contribution < -0.4 is 5.32 Å². The summed E-state index contributed by atoms with van der Waals surface area (Å²) in [6.45, 7) is 1.13. The Morgan fingerprint density at radius 2 is 1.98 bits per heavy atom. The molecule has 40 heavy (non-hydrogen) atoms. The molecule has 0 aliphatic carbocycles. The number of aromatic nitrogens is 1. The largest absolute Gasteiger partial charge is 0.513 e. The Morgan fingerprint density at radius 1 is 1.25 bits per heavy atom. The van der Waals surface area contributed by atoms with E-state index in [4.69, 9.17) is 19.2 Å². The monoisotopic (exact) mass is 581 g/mol. The lowest BCUT2D eigenvalue weighted by Crippen LogP contribution is -2.46. The van der Waals surface area contributed by atoms with Crippen LogP contribution in [-0.4, -0.2) is 92.2 Å². The van der Waals surface area contributed by atoms with Crippen LogP contribution in [0.2, 0.25) is 0 Å². The highest BCUT2D eigenvalue weighted by molar-refractivity contribution is 7.11. The predicted octanol–water partition coefficient (Wildman–Crippen LogP) is 3.36. The highest BCUT2D eigenvalue weighted by Gasteiger charge is 2.50. The predicted molar refractivity (Wildman–Crippen MR) is 140 cm³/mol. The number of carbonyl (C=O) groups excluding carboxylic acids is 2. The number of carbonyl (C=O) groups is 2. The molecule has 0 unspecified atom stereocenters. The Labute approximate surface area is 233 Å². The Hall–Kier alpha value is -3.49. The molecular formula is C26H30F3N5O5S. The molecule has 1 saturated heterocycles. The van der Waals surface area contributed by atoms with E-state index in [1.54, 1.807) is 37.5 Å². The van der Waals surface area contributed by atoms with E-state index in [0.29, 0.717) is 17.1 Å². The van der Waals surface area contributed by atoms with Crippen LogP contribution in [0.1, 0.15) is 23.9 Å². The van der Waals surface area contributed by atoms with E-state index in [-0.39, 0.29) is 30.4 Å². The van der Waals surface area contributed by atoms with Crippen LogP contribution >= 0.6 is 11.3 Å². The van der Waals surface area contributed by atoms with Crippen molar-refractivity contribution in [2.45, 2.75) is 30.8 Å². The molecule has 2 aliphatic heterocycles. The molecule has 1 fully saturated rings. The summed E-state index contributed by atoms with van der Waals surface area (Å²) in [7, 11) is 4.72. The zero-order valence-corrected chi connectivity index (χ0v) is 23.3. The van der Waals surface area contributed by atoms with Crippen LogP contribution in [-0.2, 0) is 24.5 Å². The highest BCUT2D eigenvalue weighted by atomic mass is 32.1. The minimum atomic E-state index is -3.16. The molecule has 14 heteroatoms. The first kappa shape index (κ1) is 29.5. The number of nitrogens with one attached hydrogen (secondary N) is 1. The Morgan fingerprint density at radius 3 is 2.60 bits per heavy atom. The molecule has 0 saturated carbocycles. The van der Waals surface area contributed by atoms with Crippen molar-refractivity contribution in [1.82, 2.24) is 20.1 Å². The van der Waals surface area contributed by atoms with Crippen LogP contribution in [0.5, 0.6) is 0 Å². The van der Waals surface area contributed by atoms with Gasteiger partial charge in [0.1, 0.15) is 24.0 Å². The van der Waals surface area contributed by atoms with Gasteiger partial charge >= 0.3 is 12.1 Å². The molecule has 2 aliphatic rings. The number of aliphatic imine (C=N–C) groups is 1. The lowest BCUT2D eigenvalue weighted by atomic mass is 9.88. The number of hydrogen-bond acceptors (Lipinski definition) is 11. The number of ether oxygens (including phenoxy) is 3. The summed E-state index contributed by atoms with van der Waals surface area (Å²) >= 11 is 1.28. The van der Waals surface area contributed by atoms with E-state index in [9.17, 15) is 22.8 Å². The number of hydrogen-bond donors (Lipinski definition) is 1. The minimum Gasteiger partial charge on any atom is -0.463 e. The number of likely N-dealkylation sites (tertiary alicyclic amines) is 1. The van der Waals surface area contributed by atoms with Crippen molar-refractivity contribution in [2.75, 3.05) is 47.4 Å². The van der Waals surface area contributed by atoms with Gasteiger partial charge in [-0.25, -0.2) is 27.9 Å². The molecule has 2 atom stereocenters. The molecule has 3 heterocycles. The van der Waals surface area contributed by atoms with Gasteiger partial charge in [0.15, 0.2) is 16.6 Å². The van der Waals surface area contributed by atoms with Gasteiger partial charge in [0, 0.05) is 31.1 Å². The van der Waals surface area contributed by atoms with Gasteiger partial charge in [0.2, 0.25) is 0 Å². The van der Waals surface area contributed by atoms with Gasteiger partial charge in [-0.1, -0.05) is 12.1 Å². The molecule has 0 amide bonds. The minimum absolute atomic E-state index is 0.0445. The Balaban J connectivity index is 1.76. The molecule has 4 rings (SSSR count). The molecule has 0 spiro atoms. The summed E-state index contributed by atoms with van der Waals surface area (Å²) in [6, 6.07) is 4.19. The number of halogens is 3. The Kier molecular flexibility index (Phi) is 8.80. The first-order valence-electron chi connectivity index (χ1n) is 12.4. The molecule has 0 bridgehead atoms. The van der Waals surface area contributed by atoms with Gasteiger partial charge < -0.3 is 24.4 Å². The zero-order chi connectivity index (χ0) is 29.1. The van der Waals surface area contributed by atoms with Crippen LogP contribution in [0, 0.1) is 5.82 Å². The van der Waals surface area contributed by atoms with Gasteiger partial charge in [-0.2, -0.15) is 0 Å². The van der Waals surface area contributed by atoms with Gasteiger partial charge in [0.05, 0.1) is 19.4 Å². The number of likely N-dealkylation sites (N-methyl/N-ethyl adjacent to an activating group) is 1. The summed E-state index contributed by atoms with van der Waals surface area (Å²) in [5.41, 5.74) is -0.790. The zero-order valence-electron chi connectivity index (χ0n) is 22.4. The molecule has 0 radical (unpaired) electrons. The van der Waals surface area contributed by atoms with Crippen molar-refractivity contribution >= 4 is 29.3 Å². The smallest absolute Gasteiger partial charge is 0.463 e. The van der Waals surface area contributed by atoms with Gasteiger partial charge in [-0.3, -0.25) is 9.69 Å². The van der Waals surface area contributed by atoms with Gasteiger partial charge in [0.25, 0.3) is 5.92 Å².